The van der Waals surface area contributed by atoms with E-state index in [9.17, 15) is 9.90 Å². The van der Waals surface area contributed by atoms with Gasteiger partial charge in [0, 0.05) is 24.7 Å². The van der Waals surface area contributed by atoms with Crippen LogP contribution >= 0.6 is 0 Å². The minimum absolute atomic E-state index is 0.0741. The number of benzene rings is 1. The number of nitrogens with one attached hydrogen (secondary N) is 1. The average Bonchev–Trinajstić information content (AvgIpc) is 2.92. The third-order valence-corrected chi connectivity index (χ3v) is 4.93. The molecule has 2 saturated heterocycles. The molecule has 2 fully saturated rings. The second kappa shape index (κ2) is 6.02. The van der Waals surface area contributed by atoms with Crippen LogP contribution in [0, 0.1) is 5.92 Å². The molecule has 1 unspecified atom stereocenters. The summed E-state index contributed by atoms with van der Waals surface area (Å²) in [5.41, 5.74) is 0.568. The maximum Gasteiger partial charge on any atom is 0.251 e. The van der Waals surface area contributed by atoms with Gasteiger partial charge in [0.2, 0.25) is 0 Å². The molecule has 4 rings (SSSR count). The van der Waals surface area contributed by atoms with E-state index in [1.807, 2.05) is 0 Å². The molecule has 0 aliphatic carbocycles. The fourth-order valence-corrected chi connectivity index (χ4v) is 3.78. The van der Waals surface area contributed by atoms with Crippen molar-refractivity contribution in [1.82, 2.24) is 10.2 Å². The Hall–Kier alpha value is -1.79. The monoisotopic (exact) mass is 318 g/mol. The number of rotatable bonds is 3. The lowest BCUT2D eigenvalue weighted by Gasteiger charge is -2.30. The predicted molar refractivity (Wildman–Crippen MR) is 83.9 cm³/mol. The van der Waals surface area contributed by atoms with E-state index < -0.39 is 0 Å². The molecule has 1 aromatic rings. The molecule has 0 spiro atoms. The molecule has 2 bridgehead atoms. The number of aliphatic hydroxyl groups is 1. The number of carbonyl (C=O) groups excluding carboxylic acids is 1. The van der Waals surface area contributed by atoms with Gasteiger partial charge in [-0.1, -0.05) is 0 Å². The minimum atomic E-state index is -0.373. The van der Waals surface area contributed by atoms with Crippen molar-refractivity contribution in [3.05, 3.63) is 23.8 Å². The number of hydrogen-bond donors (Lipinski definition) is 2. The molecule has 0 aromatic heterocycles. The Balaban J connectivity index is 1.44. The lowest BCUT2D eigenvalue weighted by Crippen LogP contribution is -2.47. The maximum absolute atomic E-state index is 12.5. The van der Waals surface area contributed by atoms with Gasteiger partial charge in [0.05, 0.1) is 6.61 Å². The fraction of sp³-hybridized carbons (Fsp3) is 0.588. The Kier molecular flexibility index (Phi) is 3.87. The van der Waals surface area contributed by atoms with Gasteiger partial charge in [0.25, 0.3) is 5.91 Å². The van der Waals surface area contributed by atoms with E-state index in [1.54, 1.807) is 18.2 Å². The molecule has 3 aliphatic heterocycles. The molecule has 1 aromatic carbocycles. The molecule has 23 heavy (non-hydrogen) atoms. The van der Waals surface area contributed by atoms with Crippen molar-refractivity contribution in [3.63, 3.8) is 0 Å². The van der Waals surface area contributed by atoms with Crippen LogP contribution in [0.3, 0.4) is 0 Å². The quantitative estimate of drug-likeness (QED) is 0.856. The van der Waals surface area contributed by atoms with Crippen LogP contribution < -0.4 is 14.8 Å². The van der Waals surface area contributed by atoms with E-state index in [4.69, 9.17) is 9.47 Å². The Morgan fingerprint density at radius 2 is 2.26 bits per heavy atom. The first kappa shape index (κ1) is 14.8. The molecule has 2 N–H and O–H groups in total. The summed E-state index contributed by atoms with van der Waals surface area (Å²) in [6.07, 6.45) is 1.95. The molecule has 3 heterocycles. The third kappa shape index (κ3) is 3.01. The van der Waals surface area contributed by atoms with Crippen molar-refractivity contribution in [2.24, 2.45) is 5.92 Å². The molecule has 6 nitrogen and oxygen atoms in total. The van der Waals surface area contributed by atoms with Crippen molar-refractivity contribution in [1.29, 1.82) is 0 Å². The Morgan fingerprint density at radius 3 is 3.09 bits per heavy atom. The summed E-state index contributed by atoms with van der Waals surface area (Å²) < 4.78 is 11.2. The fourth-order valence-electron chi connectivity index (χ4n) is 3.78. The van der Waals surface area contributed by atoms with Crippen LogP contribution in [0.25, 0.3) is 0 Å². The Labute approximate surface area is 135 Å². The first-order chi connectivity index (χ1) is 11.2. The molecular formula is C17H22N2O4. The van der Waals surface area contributed by atoms with Gasteiger partial charge in [0.1, 0.15) is 6.61 Å². The number of piperidine rings is 1. The average molecular weight is 318 g/mol. The van der Waals surface area contributed by atoms with Crippen molar-refractivity contribution >= 4 is 5.91 Å². The molecule has 6 heteroatoms. The number of fused-ring (bicyclic) bond motifs is 3. The minimum Gasteiger partial charge on any atom is -0.486 e. The van der Waals surface area contributed by atoms with Crippen molar-refractivity contribution in [3.8, 4) is 11.5 Å². The third-order valence-electron chi connectivity index (χ3n) is 4.93. The molecule has 4 atom stereocenters. The van der Waals surface area contributed by atoms with Crippen molar-refractivity contribution in [2.45, 2.75) is 25.0 Å². The van der Waals surface area contributed by atoms with E-state index in [-0.39, 0.29) is 24.7 Å². The number of ether oxygens (including phenoxy) is 2. The first-order valence-corrected chi connectivity index (χ1v) is 8.29. The second-order valence-electron chi connectivity index (χ2n) is 6.72. The van der Waals surface area contributed by atoms with Gasteiger partial charge in [0.15, 0.2) is 17.6 Å². The maximum atomic E-state index is 12.5. The highest BCUT2D eigenvalue weighted by Crippen LogP contribution is 2.33. The van der Waals surface area contributed by atoms with E-state index in [1.165, 1.54) is 13.0 Å². The van der Waals surface area contributed by atoms with E-state index in [0.29, 0.717) is 23.7 Å². The predicted octanol–water partition coefficient (Wildman–Crippen LogP) is 0.643. The number of nitrogens with zero attached hydrogens (tertiary/aromatic N) is 1. The van der Waals surface area contributed by atoms with Gasteiger partial charge >= 0.3 is 0 Å². The molecular weight excluding hydrogens is 296 g/mol. The number of hydrogen-bond acceptors (Lipinski definition) is 5. The van der Waals surface area contributed by atoms with Crippen LogP contribution in [0.15, 0.2) is 18.2 Å². The standard InChI is InChI=1S/C17H22N2O4/c20-9-14-10-22-15-2-1-12(6-16(15)23-14)17(21)18-13-5-11-3-4-19(7-11)8-13/h1-2,6,11,13-14,20H,3-5,7-10H2,(H,18,21)/t11-,13-,14-/m1/s1. The zero-order valence-electron chi connectivity index (χ0n) is 13.0. The van der Waals surface area contributed by atoms with E-state index in [2.05, 4.69) is 10.2 Å². The molecule has 1 amide bonds. The Bertz CT molecular complexity index is 594. The number of amides is 1. The topological polar surface area (TPSA) is 71.0 Å². The molecule has 124 valence electrons. The molecule has 3 aliphatic rings. The largest absolute Gasteiger partial charge is 0.486 e. The zero-order chi connectivity index (χ0) is 15.8. The van der Waals surface area contributed by atoms with Crippen LogP contribution in [-0.4, -0.2) is 60.9 Å². The zero-order valence-corrected chi connectivity index (χ0v) is 13.0. The summed E-state index contributed by atoms with van der Waals surface area (Å²) >= 11 is 0. The smallest absolute Gasteiger partial charge is 0.251 e. The summed E-state index contributed by atoms with van der Waals surface area (Å²) in [7, 11) is 0. The summed E-state index contributed by atoms with van der Waals surface area (Å²) in [6, 6.07) is 5.44. The van der Waals surface area contributed by atoms with Gasteiger partial charge < -0.3 is 24.8 Å². The first-order valence-electron chi connectivity index (χ1n) is 8.29. The lowest BCUT2D eigenvalue weighted by atomic mass is 9.96. The summed E-state index contributed by atoms with van der Waals surface area (Å²) in [4.78, 5) is 14.9. The summed E-state index contributed by atoms with van der Waals surface area (Å²) in [6.45, 7) is 3.51. The second-order valence-corrected chi connectivity index (χ2v) is 6.72. The van der Waals surface area contributed by atoms with Gasteiger partial charge in [-0.25, -0.2) is 0 Å². The van der Waals surface area contributed by atoms with E-state index in [0.717, 1.165) is 25.4 Å². The van der Waals surface area contributed by atoms with Gasteiger partial charge in [-0.05, 0) is 43.5 Å². The Morgan fingerprint density at radius 1 is 1.35 bits per heavy atom. The summed E-state index contributed by atoms with van der Waals surface area (Å²) in [5, 5.41) is 12.3. The van der Waals surface area contributed by atoms with E-state index >= 15 is 0 Å². The highest BCUT2D eigenvalue weighted by molar-refractivity contribution is 5.95. The molecule has 0 saturated carbocycles. The number of aliphatic hydroxyl groups excluding tert-OH is 1. The lowest BCUT2D eigenvalue weighted by molar-refractivity contribution is 0.0455. The van der Waals surface area contributed by atoms with Crippen LogP contribution in [0.2, 0.25) is 0 Å². The highest BCUT2D eigenvalue weighted by atomic mass is 16.6. The van der Waals surface area contributed by atoms with Crippen LogP contribution in [0.5, 0.6) is 11.5 Å². The normalized spacial score (nSPS) is 31.7. The van der Waals surface area contributed by atoms with Crippen LogP contribution in [-0.2, 0) is 0 Å². The van der Waals surface area contributed by atoms with Crippen LogP contribution in [0.1, 0.15) is 23.2 Å². The van der Waals surface area contributed by atoms with Gasteiger partial charge in [-0.3, -0.25) is 4.79 Å². The van der Waals surface area contributed by atoms with Crippen LogP contribution in [0.4, 0.5) is 0 Å². The number of carbonyl (C=O) groups is 1. The van der Waals surface area contributed by atoms with Gasteiger partial charge in [-0.15, -0.1) is 0 Å². The molecule has 0 radical (unpaired) electrons. The van der Waals surface area contributed by atoms with Gasteiger partial charge in [-0.2, -0.15) is 0 Å². The highest BCUT2D eigenvalue weighted by Gasteiger charge is 2.33. The summed E-state index contributed by atoms with van der Waals surface area (Å²) in [5.74, 6) is 1.79. The SMILES string of the molecule is O=C(N[C@@H]1C[C@H]2CCN(C2)C1)c1ccc2c(c1)O[C@H](CO)CO2. The van der Waals surface area contributed by atoms with Crippen molar-refractivity contribution in [2.75, 3.05) is 32.8 Å². The van der Waals surface area contributed by atoms with Crippen molar-refractivity contribution < 1.29 is 19.4 Å².